The van der Waals surface area contributed by atoms with Crippen LogP contribution in [0.5, 0.6) is 5.75 Å². The molecule has 4 nitrogen and oxygen atoms in total. The van der Waals surface area contributed by atoms with Gasteiger partial charge in [0.15, 0.2) is 4.77 Å². The Labute approximate surface area is 117 Å². The molecule has 1 fully saturated rings. The molecular weight excluding hydrogens is 258 g/mol. The van der Waals surface area contributed by atoms with Crippen molar-refractivity contribution in [1.29, 1.82) is 0 Å². The number of nitrogens with zero attached hydrogens (tertiary/aromatic N) is 2. The molecule has 1 N–H and O–H groups in total. The van der Waals surface area contributed by atoms with Crippen molar-refractivity contribution in [3.8, 4) is 11.4 Å². The van der Waals surface area contributed by atoms with Gasteiger partial charge in [-0.1, -0.05) is 6.92 Å². The molecule has 5 heteroatoms. The number of aromatic nitrogens is 3. The van der Waals surface area contributed by atoms with E-state index in [9.17, 15) is 0 Å². The Morgan fingerprint density at radius 3 is 2.74 bits per heavy atom. The van der Waals surface area contributed by atoms with Crippen molar-refractivity contribution in [2.24, 2.45) is 0 Å². The zero-order chi connectivity index (χ0) is 13.2. The van der Waals surface area contributed by atoms with Crippen LogP contribution >= 0.6 is 12.2 Å². The van der Waals surface area contributed by atoms with Crippen LogP contribution in [0.1, 0.15) is 37.9 Å². The third-order valence-electron chi connectivity index (χ3n) is 3.21. The second kappa shape index (κ2) is 5.17. The molecule has 1 heterocycles. The first-order valence-electron chi connectivity index (χ1n) is 6.70. The van der Waals surface area contributed by atoms with Gasteiger partial charge in [0.1, 0.15) is 11.6 Å². The third kappa shape index (κ3) is 2.56. The van der Waals surface area contributed by atoms with Crippen LogP contribution in [-0.4, -0.2) is 21.4 Å². The number of hydrogen-bond acceptors (Lipinski definition) is 3. The summed E-state index contributed by atoms with van der Waals surface area (Å²) in [6.45, 7) is 2.85. The molecule has 1 aliphatic carbocycles. The van der Waals surface area contributed by atoms with Crippen LogP contribution in [0.3, 0.4) is 0 Å². The van der Waals surface area contributed by atoms with E-state index in [0.29, 0.717) is 10.7 Å². The Hall–Kier alpha value is -1.62. The Morgan fingerprint density at radius 1 is 1.37 bits per heavy atom. The molecule has 0 atom stereocenters. The third-order valence-corrected chi connectivity index (χ3v) is 3.48. The molecule has 1 aromatic heterocycles. The van der Waals surface area contributed by atoms with E-state index in [1.165, 1.54) is 12.8 Å². The lowest BCUT2D eigenvalue weighted by atomic mass is 10.3. The first-order valence-corrected chi connectivity index (χ1v) is 7.11. The van der Waals surface area contributed by atoms with Crippen LogP contribution in [0.15, 0.2) is 24.3 Å². The van der Waals surface area contributed by atoms with E-state index in [-0.39, 0.29) is 0 Å². The van der Waals surface area contributed by atoms with Gasteiger partial charge in [0.2, 0.25) is 0 Å². The van der Waals surface area contributed by atoms with Crippen LogP contribution < -0.4 is 4.74 Å². The highest BCUT2D eigenvalue weighted by molar-refractivity contribution is 7.71. The highest BCUT2D eigenvalue weighted by atomic mass is 32.1. The summed E-state index contributed by atoms with van der Waals surface area (Å²) in [5.41, 5.74) is 1.05. The van der Waals surface area contributed by atoms with Crippen molar-refractivity contribution in [1.82, 2.24) is 14.8 Å². The zero-order valence-corrected chi connectivity index (χ0v) is 11.7. The van der Waals surface area contributed by atoms with E-state index in [4.69, 9.17) is 17.0 Å². The molecule has 1 aliphatic rings. The van der Waals surface area contributed by atoms with Crippen molar-refractivity contribution in [2.45, 2.75) is 32.1 Å². The number of ether oxygens (including phenoxy) is 1. The zero-order valence-electron chi connectivity index (χ0n) is 10.9. The van der Waals surface area contributed by atoms with Crippen molar-refractivity contribution in [2.75, 3.05) is 6.61 Å². The van der Waals surface area contributed by atoms with Crippen LogP contribution in [0, 0.1) is 4.77 Å². The van der Waals surface area contributed by atoms with E-state index < -0.39 is 0 Å². The highest BCUT2D eigenvalue weighted by Gasteiger charge is 2.29. The van der Waals surface area contributed by atoms with Crippen LogP contribution in [0.25, 0.3) is 5.69 Å². The number of rotatable bonds is 5. The smallest absolute Gasteiger partial charge is 0.199 e. The lowest BCUT2D eigenvalue weighted by Crippen LogP contribution is -2.00. The maximum atomic E-state index is 5.59. The number of aromatic amines is 1. The summed E-state index contributed by atoms with van der Waals surface area (Å²) < 4.78 is 8.27. The van der Waals surface area contributed by atoms with Gasteiger partial charge in [0, 0.05) is 11.6 Å². The van der Waals surface area contributed by atoms with Gasteiger partial charge < -0.3 is 4.74 Å². The molecule has 1 saturated carbocycles. The summed E-state index contributed by atoms with van der Waals surface area (Å²) in [7, 11) is 0. The Bertz CT molecular complexity index is 610. The standard InChI is InChI=1S/C14H17N3OS/c1-2-9-18-12-7-5-11(6-8-12)17-13(10-3-4-10)15-16-14(17)19/h5-8,10H,2-4,9H2,1H3,(H,16,19). The second-order valence-electron chi connectivity index (χ2n) is 4.84. The normalized spacial score (nSPS) is 14.6. The second-order valence-corrected chi connectivity index (χ2v) is 5.23. The predicted molar refractivity (Wildman–Crippen MR) is 76.5 cm³/mol. The van der Waals surface area contributed by atoms with Gasteiger partial charge in [-0.3, -0.25) is 9.67 Å². The largest absolute Gasteiger partial charge is 0.494 e. The number of H-pyrrole nitrogens is 1. The SMILES string of the molecule is CCCOc1ccc(-n2c(C3CC3)n[nH]c2=S)cc1. The van der Waals surface area contributed by atoms with Gasteiger partial charge in [-0.25, -0.2) is 0 Å². The van der Waals surface area contributed by atoms with E-state index >= 15 is 0 Å². The summed E-state index contributed by atoms with van der Waals surface area (Å²) in [6, 6.07) is 8.03. The average Bonchev–Trinajstić information content (AvgIpc) is 3.21. The molecule has 100 valence electrons. The summed E-state index contributed by atoms with van der Waals surface area (Å²) in [5.74, 6) is 2.50. The van der Waals surface area contributed by atoms with Crippen LogP contribution in [-0.2, 0) is 0 Å². The van der Waals surface area contributed by atoms with Gasteiger partial charge in [0.25, 0.3) is 0 Å². The number of nitrogens with one attached hydrogen (secondary N) is 1. The van der Waals surface area contributed by atoms with Crippen molar-refractivity contribution < 1.29 is 4.74 Å². The molecule has 0 aliphatic heterocycles. The molecule has 0 spiro atoms. The highest BCUT2D eigenvalue weighted by Crippen LogP contribution is 2.39. The summed E-state index contributed by atoms with van der Waals surface area (Å²) in [5, 5.41) is 7.23. The average molecular weight is 275 g/mol. The van der Waals surface area contributed by atoms with Gasteiger partial charge in [-0.15, -0.1) is 0 Å². The van der Waals surface area contributed by atoms with E-state index in [1.807, 2.05) is 28.8 Å². The van der Waals surface area contributed by atoms with Gasteiger partial charge in [0.05, 0.1) is 6.61 Å². The minimum atomic E-state index is 0.559. The quantitative estimate of drug-likeness (QED) is 0.848. The molecule has 0 saturated heterocycles. The molecule has 19 heavy (non-hydrogen) atoms. The fourth-order valence-corrected chi connectivity index (χ4v) is 2.33. The van der Waals surface area contributed by atoms with Crippen molar-refractivity contribution in [3.05, 3.63) is 34.9 Å². The molecule has 3 rings (SSSR count). The van der Waals surface area contributed by atoms with Crippen molar-refractivity contribution in [3.63, 3.8) is 0 Å². The molecule has 0 radical (unpaired) electrons. The van der Waals surface area contributed by atoms with Crippen molar-refractivity contribution >= 4 is 12.2 Å². The van der Waals surface area contributed by atoms with Crippen LogP contribution in [0.4, 0.5) is 0 Å². The molecule has 1 aromatic carbocycles. The topological polar surface area (TPSA) is 42.8 Å². The maximum absolute atomic E-state index is 5.59. The number of benzene rings is 1. The molecule has 2 aromatic rings. The predicted octanol–water partition coefficient (Wildman–Crippen LogP) is 3.60. The molecule has 0 bridgehead atoms. The van der Waals surface area contributed by atoms with Gasteiger partial charge >= 0.3 is 0 Å². The van der Waals surface area contributed by atoms with E-state index in [0.717, 1.165) is 30.3 Å². The minimum absolute atomic E-state index is 0.559. The summed E-state index contributed by atoms with van der Waals surface area (Å²) >= 11 is 5.32. The first kappa shape index (κ1) is 12.4. The van der Waals surface area contributed by atoms with E-state index in [2.05, 4.69) is 17.1 Å². The Kier molecular flexibility index (Phi) is 3.38. The summed E-state index contributed by atoms with van der Waals surface area (Å²) in [6.07, 6.45) is 3.43. The lowest BCUT2D eigenvalue weighted by Gasteiger charge is -2.08. The molecule has 0 unspecified atom stereocenters. The van der Waals surface area contributed by atoms with Gasteiger partial charge in [-0.2, -0.15) is 5.10 Å². The molecular formula is C14H17N3OS. The Balaban J connectivity index is 1.89. The van der Waals surface area contributed by atoms with E-state index in [1.54, 1.807) is 0 Å². The Morgan fingerprint density at radius 2 is 2.11 bits per heavy atom. The monoisotopic (exact) mass is 275 g/mol. The minimum Gasteiger partial charge on any atom is -0.494 e. The summed E-state index contributed by atoms with van der Waals surface area (Å²) in [4.78, 5) is 0. The molecule has 0 amide bonds. The van der Waals surface area contributed by atoms with Crippen LogP contribution in [0.2, 0.25) is 0 Å². The maximum Gasteiger partial charge on any atom is 0.199 e. The first-order chi connectivity index (χ1) is 9.29. The number of hydrogen-bond donors (Lipinski definition) is 1. The fourth-order valence-electron chi connectivity index (χ4n) is 2.09. The lowest BCUT2D eigenvalue weighted by molar-refractivity contribution is 0.317. The fraction of sp³-hybridized carbons (Fsp3) is 0.429. The van der Waals surface area contributed by atoms with Gasteiger partial charge in [-0.05, 0) is 55.7 Å².